The zero-order valence-corrected chi connectivity index (χ0v) is 19.3. The molecule has 4 fully saturated rings. The molecule has 3 saturated carbocycles. The molecule has 164 valence electrons. The van der Waals surface area contributed by atoms with Crippen molar-refractivity contribution in [1.82, 2.24) is 0 Å². The molecule has 30 heavy (non-hydrogen) atoms. The number of hydrogen-bond acceptors (Lipinski definition) is 4. The zero-order valence-electron chi connectivity index (χ0n) is 19.3. The van der Waals surface area contributed by atoms with E-state index >= 15 is 0 Å². The smallest absolute Gasteiger partial charge is 0.169 e. The number of nitriles is 1. The lowest BCUT2D eigenvalue weighted by atomic mass is 9.43. The summed E-state index contributed by atoms with van der Waals surface area (Å²) in [5.41, 5.74) is 1.01. The number of carbonyl (C=O) groups excluding carboxylic acids is 1. The van der Waals surface area contributed by atoms with E-state index in [1.807, 2.05) is 0 Å². The Bertz CT molecular complexity index is 832. The number of hydrogen-bond donors (Lipinski definition) is 0. The van der Waals surface area contributed by atoms with E-state index in [4.69, 9.17) is 9.47 Å². The first-order valence-corrected chi connectivity index (χ1v) is 12.0. The molecular formula is C26H37NO3. The van der Waals surface area contributed by atoms with E-state index in [0.29, 0.717) is 43.3 Å². The molecule has 7 atom stereocenters. The minimum atomic E-state index is -0.518. The number of carbonyl (C=O) groups is 1. The second-order valence-corrected chi connectivity index (χ2v) is 11.9. The third kappa shape index (κ3) is 2.49. The molecule has 0 N–H and O–H groups in total. The molecule has 0 radical (unpaired) electrons. The molecule has 4 aliphatic carbocycles. The number of ether oxygens (including phenoxy) is 2. The van der Waals surface area contributed by atoms with Gasteiger partial charge in [-0.25, -0.2) is 0 Å². The van der Waals surface area contributed by atoms with Crippen molar-refractivity contribution >= 4 is 5.78 Å². The first kappa shape index (κ1) is 20.7. The van der Waals surface area contributed by atoms with Gasteiger partial charge in [0.25, 0.3) is 0 Å². The van der Waals surface area contributed by atoms with Crippen LogP contribution in [0.25, 0.3) is 0 Å². The second kappa shape index (κ2) is 6.42. The third-order valence-corrected chi connectivity index (χ3v) is 10.3. The van der Waals surface area contributed by atoms with E-state index in [1.54, 1.807) is 0 Å². The van der Waals surface area contributed by atoms with Gasteiger partial charge in [0.05, 0.1) is 19.3 Å². The Morgan fingerprint density at radius 3 is 2.40 bits per heavy atom. The Kier molecular flexibility index (Phi) is 4.43. The Labute approximate surface area is 181 Å². The third-order valence-electron chi connectivity index (χ3n) is 10.3. The van der Waals surface area contributed by atoms with Crippen LogP contribution in [0.2, 0.25) is 0 Å². The lowest BCUT2D eigenvalue weighted by molar-refractivity contribution is -0.214. The highest BCUT2D eigenvalue weighted by Crippen LogP contribution is 2.69. The summed E-state index contributed by atoms with van der Waals surface area (Å²) in [4.78, 5) is 13.0. The average molecular weight is 412 g/mol. The molecule has 4 nitrogen and oxygen atoms in total. The van der Waals surface area contributed by atoms with Gasteiger partial charge < -0.3 is 9.47 Å². The Morgan fingerprint density at radius 1 is 1.03 bits per heavy atom. The van der Waals surface area contributed by atoms with Crippen molar-refractivity contribution in [3.05, 3.63) is 11.6 Å². The fourth-order valence-corrected chi connectivity index (χ4v) is 9.11. The predicted octanol–water partition coefficient (Wildman–Crippen LogP) is 5.28. The summed E-state index contributed by atoms with van der Waals surface area (Å²) < 4.78 is 12.3. The summed E-state index contributed by atoms with van der Waals surface area (Å²) in [5.74, 6) is 1.55. The van der Waals surface area contributed by atoms with Crippen LogP contribution in [0.4, 0.5) is 0 Å². The summed E-state index contributed by atoms with van der Waals surface area (Å²) in [6.07, 6.45) is 8.99. The standard InChI is InChI=1S/C26H37NO3/c1-23(2)20-8-6-17-18-7-9-21(26(5)29-12-13-30-26)24(18,3)11-10-19(17)25(20,4)14-16(15-27)22(23)28/h8,16-19,21H,6-7,9-14H2,1-5H3/t16-,17-,18-,19-,21-,24-,25+/m0/s1. The molecule has 0 amide bonds. The van der Waals surface area contributed by atoms with E-state index < -0.39 is 17.1 Å². The number of fused-ring (bicyclic) bond motifs is 5. The fourth-order valence-electron chi connectivity index (χ4n) is 9.11. The molecule has 0 bridgehead atoms. The maximum Gasteiger partial charge on any atom is 0.169 e. The van der Waals surface area contributed by atoms with Gasteiger partial charge in [-0.3, -0.25) is 4.79 Å². The van der Waals surface area contributed by atoms with Crippen LogP contribution in [0.15, 0.2) is 11.6 Å². The highest BCUT2D eigenvalue weighted by molar-refractivity contribution is 5.92. The van der Waals surface area contributed by atoms with Gasteiger partial charge in [0, 0.05) is 11.3 Å². The van der Waals surface area contributed by atoms with Crippen molar-refractivity contribution in [3.8, 4) is 6.07 Å². The van der Waals surface area contributed by atoms with Crippen LogP contribution in [0, 0.1) is 57.2 Å². The molecule has 5 rings (SSSR count). The van der Waals surface area contributed by atoms with Crippen LogP contribution in [0.1, 0.15) is 73.1 Å². The summed E-state index contributed by atoms with van der Waals surface area (Å²) in [7, 11) is 0. The molecule has 0 spiro atoms. The number of rotatable bonds is 1. The average Bonchev–Trinajstić information content (AvgIpc) is 3.28. The maximum atomic E-state index is 13.0. The van der Waals surface area contributed by atoms with Gasteiger partial charge >= 0.3 is 0 Å². The molecule has 4 heteroatoms. The quantitative estimate of drug-likeness (QED) is 0.551. The number of ketones is 1. The number of nitrogens with zero attached hydrogens (tertiary/aromatic N) is 1. The van der Waals surface area contributed by atoms with Gasteiger partial charge in [0.2, 0.25) is 0 Å². The van der Waals surface area contributed by atoms with Gasteiger partial charge in [-0.1, -0.05) is 25.5 Å². The van der Waals surface area contributed by atoms with E-state index in [9.17, 15) is 10.1 Å². The van der Waals surface area contributed by atoms with Crippen molar-refractivity contribution in [2.45, 2.75) is 78.9 Å². The van der Waals surface area contributed by atoms with Gasteiger partial charge in [-0.05, 0) is 87.9 Å². The molecule has 1 heterocycles. The van der Waals surface area contributed by atoms with Crippen molar-refractivity contribution in [3.63, 3.8) is 0 Å². The zero-order chi connectivity index (χ0) is 21.5. The molecule has 0 aromatic carbocycles. The lowest BCUT2D eigenvalue weighted by Crippen LogP contribution is -2.56. The maximum absolute atomic E-state index is 13.0. The molecular weight excluding hydrogens is 374 g/mol. The molecule has 1 aliphatic heterocycles. The van der Waals surface area contributed by atoms with Crippen LogP contribution in [-0.4, -0.2) is 24.8 Å². The SMILES string of the molecule is CC1(C)C(=O)[C@H](C#N)C[C@@]2(C)C1=CC[C@H]1[C@@H]3CC[C@H](C4(C)OCCO4)[C@@]3(C)CC[C@@H]12. The highest BCUT2D eigenvalue weighted by atomic mass is 16.7. The Balaban J connectivity index is 1.51. The van der Waals surface area contributed by atoms with Gasteiger partial charge in [-0.2, -0.15) is 5.26 Å². The van der Waals surface area contributed by atoms with Crippen LogP contribution in [0.5, 0.6) is 0 Å². The van der Waals surface area contributed by atoms with E-state index in [-0.39, 0.29) is 16.6 Å². The van der Waals surface area contributed by atoms with Crippen molar-refractivity contribution in [2.75, 3.05) is 13.2 Å². The summed E-state index contributed by atoms with van der Waals surface area (Å²) in [5, 5.41) is 9.75. The van der Waals surface area contributed by atoms with Gasteiger partial charge in [0.1, 0.15) is 5.92 Å². The molecule has 0 aromatic rings. The Morgan fingerprint density at radius 2 is 1.73 bits per heavy atom. The van der Waals surface area contributed by atoms with E-state index in [1.165, 1.54) is 31.3 Å². The van der Waals surface area contributed by atoms with Crippen LogP contribution in [-0.2, 0) is 14.3 Å². The monoisotopic (exact) mass is 411 g/mol. The van der Waals surface area contributed by atoms with E-state index in [0.717, 1.165) is 6.42 Å². The van der Waals surface area contributed by atoms with Crippen molar-refractivity contribution in [1.29, 1.82) is 5.26 Å². The topological polar surface area (TPSA) is 59.3 Å². The molecule has 0 unspecified atom stereocenters. The summed E-state index contributed by atoms with van der Waals surface area (Å²) >= 11 is 0. The second-order valence-electron chi connectivity index (χ2n) is 11.9. The van der Waals surface area contributed by atoms with E-state index in [2.05, 4.69) is 46.8 Å². The minimum absolute atomic E-state index is 0.0373. The predicted molar refractivity (Wildman–Crippen MR) is 114 cm³/mol. The minimum Gasteiger partial charge on any atom is -0.348 e. The van der Waals surface area contributed by atoms with Crippen LogP contribution in [0.3, 0.4) is 0 Å². The van der Waals surface area contributed by atoms with Crippen LogP contribution < -0.4 is 0 Å². The first-order chi connectivity index (χ1) is 14.1. The normalized spacial score (nSPS) is 48.9. The van der Waals surface area contributed by atoms with Gasteiger partial charge in [0.15, 0.2) is 11.6 Å². The Hall–Kier alpha value is -1.18. The molecule has 5 aliphatic rings. The highest BCUT2D eigenvalue weighted by Gasteiger charge is 2.65. The summed E-state index contributed by atoms with van der Waals surface area (Å²) in [6, 6.07) is 2.36. The molecule has 0 aromatic heterocycles. The van der Waals surface area contributed by atoms with Crippen molar-refractivity contribution < 1.29 is 14.3 Å². The molecule has 1 saturated heterocycles. The number of Topliss-reactive ketones (excluding diaryl/α,β-unsaturated/α-hetero) is 1. The van der Waals surface area contributed by atoms with Crippen LogP contribution >= 0.6 is 0 Å². The summed E-state index contributed by atoms with van der Waals surface area (Å²) in [6.45, 7) is 12.6. The number of allylic oxidation sites excluding steroid dienone is 2. The van der Waals surface area contributed by atoms with Gasteiger partial charge in [-0.15, -0.1) is 0 Å². The largest absolute Gasteiger partial charge is 0.348 e. The fraction of sp³-hybridized carbons (Fsp3) is 0.846. The lowest BCUT2D eigenvalue weighted by Gasteiger charge is -2.60. The van der Waals surface area contributed by atoms with Crippen molar-refractivity contribution in [2.24, 2.45) is 45.8 Å². The first-order valence-electron chi connectivity index (χ1n) is 12.0.